The smallest absolute Gasteiger partial charge is 0.221 e. The van der Waals surface area contributed by atoms with E-state index in [1.54, 1.807) is 24.3 Å². The molecule has 1 saturated carbocycles. The zero-order chi connectivity index (χ0) is 22.5. The van der Waals surface area contributed by atoms with Gasteiger partial charge in [0.1, 0.15) is 24.1 Å². The summed E-state index contributed by atoms with van der Waals surface area (Å²) < 4.78 is 17.6. The fourth-order valence-corrected chi connectivity index (χ4v) is 4.03. The molecule has 0 aromatic heterocycles. The van der Waals surface area contributed by atoms with Crippen molar-refractivity contribution in [2.45, 2.75) is 69.1 Å². The van der Waals surface area contributed by atoms with Gasteiger partial charge in [-0.05, 0) is 37.1 Å². The molecule has 2 aliphatic rings. The van der Waals surface area contributed by atoms with Crippen molar-refractivity contribution in [3.63, 3.8) is 0 Å². The molecule has 0 bridgehead atoms. The van der Waals surface area contributed by atoms with Gasteiger partial charge in [-0.1, -0.05) is 0 Å². The standard InChI is InChI=1S/C21H31NO9/c1-11(25)22-13-2-4-14(5-3-13)29-18-7-6-15(17(10-24)31-18)30-16-8-12(9-23)19(26)21(28)20(16)27/h2-5,12,15-21,23-24,26-28H,6-10H2,1H3,(H,22,25)/t12-,15+,16?,17-,18+,19-,20+,21+/m1/s1. The quantitative estimate of drug-likeness (QED) is 0.324. The third-order valence-corrected chi connectivity index (χ3v) is 5.73. The Morgan fingerprint density at radius 3 is 2.35 bits per heavy atom. The first kappa shape index (κ1) is 23.9. The van der Waals surface area contributed by atoms with Crippen LogP contribution in [0.3, 0.4) is 0 Å². The second-order valence-electron chi connectivity index (χ2n) is 8.05. The molecule has 1 unspecified atom stereocenters. The number of benzene rings is 1. The van der Waals surface area contributed by atoms with Crippen molar-refractivity contribution in [1.82, 2.24) is 0 Å². The maximum Gasteiger partial charge on any atom is 0.221 e. The first-order valence-electron chi connectivity index (χ1n) is 10.4. The first-order valence-corrected chi connectivity index (χ1v) is 10.4. The second-order valence-corrected chi connectivity index (χ2v) is 8.05. The van der Waals surface area contributed by atoms with E-state index in [0.29, 0.717) is 24.3 Å². The summed E-state index contributed by atoms with van der Waals surface area (Å²) in [7, 11) is 0. The molecule has 6 N–H and O–H groups in total. The van der Waals surface area contributed by atoms with E-state index in [4.69, 9.17) is 14.2 Å². The fourth-order valence-electron chi connectivity index (χ4n) is 4.03. The van der Waals surface area contributed by atoms with E-state index in [0.717, 1.165) is 0 Å². The van der Waals surface area contributed by atoms with Crippen molar-refractivity contribution in [3.8, 4) is 5.75 Å². The molecule has 8 atom stereocenters. The van der Waals surface area contributed by atoms with Crippen LogP contribution in [0.5, 0.6) is 5.75 Å². The van der Waals surface area contributed by atoms with Crippen molar-refractivity contribution in [1.29, 1.82) is 0 Å². The van der Waals surface area contributed by atoms with E-state index in [1.165, 1.54) is 6.92 Å². The molecular weight excluding hydrogens is 410 g/mol. The molecule has 174 valence electrons. The molecule has 1 aromatic carbocycles. The van der Waals surface area contributed by atoms with Crippen LogP contribution in [0.1, 0.15) is 26.2 Å². The highest BCUT2D eigenvalue weighted by Crippen LogP contribution is 2.32. The van der Waals surface area contributed by atoms with Crippen LogP contribution in [0.25, 0.3) is 0 Å². The van der Waals surface area contributed by atoms with Crippen molar-refractivity contribution < 1.29 is 44.5 Å². The SMILES string of the molecule is CC(=O)Nc1ccc(O[C@@H]2CC[C@H](OC3C[C@H](CO)[C@@H](O)[C@H](O)[C@H]3O)[C@@H](CO)O2)cc1. The maximum atomic E-state index is 11.1. The molecule has 3 rings (SSSR count). The van der Waals surface area contributed by atoms with E-state index < -0.39 is 48.8 Å². The molecule has 1 aliphatic heterocycles. The summed E-state index contributed by atoms with van der Waals surface area (Å²) in [4.78, 5) is 11.1. The molecule has 31 heavy (non-hydrogen) atoms. The van der Waals surface area contributed by atoms with Gasteiger partial charge in [0.15, 0.2) is 6.29 Å². The lowest BCUT2D eigenvalue weighted by molar-refractivity contribution is -0.244. The summed E-state index contributed by atoms with van der Waals surface area (Å²) >= 11 is 0. The Balaban J connectivity index is 1.56. The second kappa shape index (κ2) is 10.7. The largest absolute Gasteiger partial charge is 0.465 e. The number of rotatable bonds is 7. The Hall–Kier alpha value is -1.79. The summed E-state index contributed by atoms with van der Waals surface area (Å²) in [5.41, 5.74) is 0.644. The van der Waals surface area contributed by atoms with Gasteiger partial charge in [0.05, 0.1) is 24.9 Å². The summed E-state index contributed by atoms with van der Waals surface area (Å²) in [6.07, 6.45) is -5.53. The Kier molecular flexibility index (Phi) is 8.23. The van der Waals surface area contributed by atoms with E-state index in [-0.39, 0.29) is 25.5 Å². The van der Waals surface area contributed by atoms with Gasteiger partial charge in [-0.25, -0.2) is 0 Å². The predicted molar refractivity (Wildman–Crippen MR) is 108 cm³/mol. The number of carbonyl (C=O) groups excluding carboxylic acids is 1. The molecule has 1 aliphatic carbocycles. The predicted octanol–water partition coefficient (Wildman–Crippen LogP) is -0.630. The number of anilines is 1. The van der Waals surface area contributed by atoms with E-state index in [9.17, 15) is 30.3 Å². The number of aliphatic hydroxyl groups is 5. The van der Waals surface area contributed by atoms with Crippen LogP contribution in [0.4, 0.5) is 5.69 Å². The lowest BCUT2D eigenvalue weighted by Crippen LogP contribution is -2.57. The number of ether oxygens (including phenoxy) is 3. The molecule has 1 heterocycles. The molecule has 1 aromatic rings. The van der Waals surface area contributed by atoms with Crippen LogP contribution in [-0.2, 0) is 14.3 Å². The molecule has 1 saturated heterocycles. The number of carbonyl (C=O) groups is 1. The van der Waals surface area contributed by atoms with Gasteiger partial charge in [0.2, 0.25) is 5.91 Å². The van der Waals surface area contributed by atoms with Crippen LogP contribution >= 0.6 is 0 Å². The topological polar surface area (TPSA) is 158 Å². The highest BCUT2D eigenvalue weighted by molar-refractivity contribution is 5.88. The van der Waals surface area contributed by atoms with Gasteiger partial charge >= 0.3 is 0 Å². The van der Waals surface area contributed by atoms with Crippen molar-refractivity contribution in [2.24, 2.45) is 5.92 Å². The molecule has 10 nitrogen and oxygen atoms in total. The lowest BCUT2D eigenvalue weighted by Gasteiger charge is -2.43. The molecule has 0 spiro atoms. The summed E-state index contributed by atoms with van der Waals surface area (Å²) in [6, 6.07) is 6.81. The highest BCUT2D eigenvalue weighted by Gasteiger charge is 2.45. The Bertz CT molecular complexity index is 713. The first-order chi connectivity index (χ1) is 14.8. The zero-order valence-electron chi connectivity index (χ0n) is 17.3. The van der Waals surface area contributed by atoms with Crippen LogP contribution in [0, 0.1) is 5.92 Å². The fraction of sp³-hybridized carbons (Fsp3) is 0.667. The van der Waals surface area contributed by atoms with Crippen molar-refractivity contribution in [3.05, 3.63) is 24.3 Å². The minimum Gasteiger partial charge on any atom is -0.465 e. The van der Waals surface area contributed by atoms with Gasteiger partial charge in [-0.15, -0.1) is 0 Å². The van der Waals surface area contributed by atoms with Gasteiger partial charge in [-0.2, -0.15) is 0 Å². The third-order valence-electron chi connectivity index (χ3n) is 5.73. The van der Waals surface area contributed by atoms with Gasteiger partial charge < -0.3 is 45.1 Å². The van der Waals surface area contributed by atoms with Gasteiger partial charge in [0, 0.05) is 31.6 Å². The lowest BCUT2D eigenvalue weighted by atomic mass is 9.81. The third kappa shape index (κ3) is 5.92. The molecule has 2 fully saturated rings. The number of amides is 1. The van der Waals surface area contributed by atoms with Crippen LogP contribution in [-0.4, -0.2) is 87.6 Å². The van der Waals surface area contributed by atoms with Crippen molar-refractivity contribution in [2.75, 3.05) is 18.5 Å². The minimum absolute atomic E-state index is 0.170. The van der Waals surface area contributed by atoms with Crippen LogP contribution < -0.4 is 10.1 Å². The normalized spacial score (nSPS) is 36.1. The Morgan fingerprint density at radius 1 is 1.03 bits per heavy atom. The number of hydrogen-bond donors (Lipinski definition) is 6. The van der Waals surface area contributed by atoms with Gasteiger partial charge in [-0.3, -0.25) is 4.79 Å². The average Bonchev–Trinajstić information content (AvgIpc) is 2.76. The highest BCUT2D eigenvalue weighted by atomic mass is 16.7. The summed E-state index contributed by atoms with van der Waals surface area (Å²) in [5.74, 6) is -0.241. The molecule has 1 amide bonds. The number of hydrogen-bond acceptors (Lipinski definition) is 9. The zero-order valence-corrected chi connectivity index (χ0v) is 17.3. The van der Waals surface area contributed by atoms with Crippen LogP contribution in [0.15, 0.2) is 24.3 Å². The van der Waals surface area contributed by atoms with E-state index >= 15 is 0 Å². The average molecular weight is 441 g/mol. The van der Waals surface area contributed by atoms with E-state index in [1.807, 2.05) is 0 Å². The molecular formula is C21H31NO9. The number of nitrogens with one attached hydrogen (secondary N) is 1. The molecule has 10 heteroatoms. The van der Waals surface area contributed by atoms with Crippen molar-refractivity contribution >= 4 is 11.6 Å². The molecule has 0 radical (unpaired) electrons. The summed E-state index contributed by atoms with van der Waals surface area (Å²) in [5, 5.41) is 52.1. The number of aliphatic hydroxyl groups excluding tert-OH is 5. The Morgan fingerprint density at radius 2 is 1.74 bits per heavy atom. The monoisotopic (exact) mass is 441 g/mol. The minimum atomic E-state index is -1.43. The Labute approximate surface area is 180 Å². The van der Waals surface area contributed by atoms with E-state index in [2.05, 4.69) is 5.32 Å². The maximum absolute atomic E-state index is 11.1. The van der Waals surface area contributed by atoms with Crippen LogP contribution in [0.2, 0.25) is 0 Å². The summed E-state index contributed by atoms with van der Waals surface area (Å²) in [6.45, 7) is 0.752. The van der Waals surface area contributed by atoms with Gasteiger partial charge in [0.25, 0.3) is 0 Å².